The smallest absolute Gasteiger partial charge is 0.266 e. The molecule has 0 spiro atoms. The van der Waals surface area contributed by atoms with Crippen LogP contribution in [-0.4, -0.2) is 4.98 Å². The van der Waals surface area contributed by atoms with Gasteiger partial charge in [0.05, 0.1) is 10.6 Å². The molecule has 0 saturated heterocycles. The summed E-state index contributed by atoms with van der Waals surface area (Å²) in [5.74, 6) is -0.0499. The summed E-state index contributed by atoms with van der Waals surface area (Å²) in [5, 5.41) is -0.367. The number of alkyl halides is 2. The van der Waals surface area contributed by atoms with Crippen LogP contribution in [0.5, 0.6) is 0 Å². The number of pyridine rings is 1. The van der Waals surface area contributed by atoms with Crippen LogP contribution < -0.4 is 5.73 Å². The van der Waals surface area contributed by atoms with E-state index in [1.807, 2.05) is 0 Å². The maximum atomic E-state index is 12.1. The van der Waals surface area contributed by atoms with E-state index >= 15 is 0 Å². The highest BCUT2D eigenvalue weighted by Crippen LogP contribution is 2.34. The Kier molecular flexibility index (Phi) is 2.69. The zero-order chi connectivity index (χ0) is 9.30. The molecule has 1 rings (SSSR count). The van der Waals surface area contributed by atoms with Crippen LogP contribution in [0.3, 0.4) is 0 Å². The summed E-state index contributed by atoms with van der Waals surface area (Å²) in [7, 11) is 0. The number of rotatable bonds is 1. The van der Waals surface area contributed by atoms with Crippen molar-refractivity contribution in [3.8, 4) is 0 Å². The van der Waals surface area contributed by atoms with Gasteiger partial charge in [0, 0.05) is 6.20 Å². The summed E-state index contributed by atoms with van der Waals surface area (Å²) in [4.78, 5) is 3.44. The van der Waals surface area contributed by atoms with Gasteiger partial charge in [-0.1, -0.05) is 23.2 Å². The van der Waals surface area contributed by atoms with Gasteiger partial charge in [-0.2, -0.15) is 0 Å². The van der Waals surface area contributed by atoms with Gasteiger partial charge in [-0.05, 0) is 0 Å². The standard InChI is InChI=1S/C6H4Cl2F2N2/c7-3-2(5(9)10)1-12-6(11)4(3)8/h1,5H,(H2,11,12). The van der Waals surface area contributed by atoms with Crippen LogP contribution in [0.2, 0.25) is 10.0 Å². The molecule has 6 heteroatoms. The first-order valence-electron chi connectivity index (χ1n) is 2.91. The molecule has 0 aliphatic rings. The van der Waals surface area contributed by atoms with E-state index in [2.05, 4.69) is 4.98 Å². The van der Waals surface area contributed by atoms with Crippen molar-refractivity contribution in [2.75, 3.05) is 5.73 Å². The number of anilines is 1. The van der Waals surface area contributed by atoms with Gasteiger partial charge in [-0.15, -0.1) is 0 Å². The number of halogens is 4. The van der Waals surface area contributed by atoms with Crippen LogP contribution in [-0.2, 0) is 0 Å². The van der Waals surface area contributed by atoms with E-state index in [1.165, 1.54) is 0 Å². The van der Waals surface area contributed by atoms with Crippen molar-refractivity contribution in [3.05, 3.63) is 21.8 Å². The third-order valence-corrected chi connectivity index (χ3v) is 2.14. The minimum Gasteiger partial charge on any atom is -0.382 e. The molecule has 0 bridgehead atoms. The number of hydrogen-bond donors (Lipinski definition) is 1. The Bertz CT molecular complexity index is 304. The molecule has 0 amide bonds. The molecule has 0 unspecified atom stereocenters. The van der Waals surface area contributed by atoms with Gasteiger partial charge in [0.1, 0.15) is 10.8 Å². The minimum atomic E-state index is -2.69. The van der Waals surface area contributed by atoms with Crippen molar-refractivity contribution in [2.45, 2.75) is 6.43 Å². The van der Waals surface area contributed by atoms with Gasteiger partial charge in [0.15, 0.2) is 0 Å². The fourth-order valence-electron chi connectivity index (χ4n) is 0.644. The predicted octanol–water partition coefficient (Wildman–Crippen LogP) is 2.91. The first-order chi connectivity index (χ1) is 5.54. The molecule has 0 aliphatic carbocycles. The molecule has 0 atom stereocenters. The van der Waals surface area contributed by atoms with E-state index in [4.69, 9.17) is 28.9 Å². The van der Waals surface area contributed by atoms with Crippen molar-refractivity contribution < 1.29 is 8.78 Å². The maximum absolute atomic E-state index is 12.1. The van der Waals surface area contributed by atoms with Gasteiger partial charge in [0.2, 0.25) is 0 Å². The predicted molar refractivity (Wildman–Crippen MR) is 43.6 cm³/mol. The summed E-state index contributed by atoms with van der Waals surface area (Å²) in [6.07, 6.45) is -1.78. The Labute approximate surface area is 77.3 Å². The molecule has 0 aliphatic heterocycles. The lowest BCUT2D eigenvalue weighted by Gasteiger charge is -2.04. The van der Waals surface area contributed by atoms with E-state index in [9.17, 15) is 8.78 Å². The second kappa shape index (κ2) is 3.41. The van der Waals surface area contributed by atoms with Gasteiger partial charge in [-0.25, -0.2) is 13.8 Å². The first kappa shape index (κ1) is 9.48. The Morgan fingerprint density at radius 1 is 1.33 bits per heavy atom. The fourth-order valence-corrected chi connectivity index (χ4v) is 1.03. The largest absolute Gasteiger partial charge is 0.382 e. The average Bonchev–Trinajstić information content (AvgIpc) is 2.00. The highest BCUT2D eigenvalue weighted by Gasteiger charge is 2.16. The third-order valence-electron chi connectivity index (χ3n) is 1.25. The molecule has 1 heterocycles. The lowest BCUT2D eigenvalue weighted by Crippen LogP contribution is -1.95. The van der Waals surface area contributed by atoms with Gasteiger partial charge in [0.25, 0.3) is 6.43 Å². The van der Waals surface area contributed by atoms with Crippen molar-refractivity contribution in [1.29, 1.82) is 0 Å². The van der Waals surface area contributed by atoms with Crippen molar-refractivity contribution >= 4 is 29.0 Å². The van der Waals surface area contributed by atoms with Gasteiger partial charge >= 0.3 is 0 Å². The Morgan fingerprint density at radius 2 is 1.92 bits per heavy atom. The van der Waals surface area contributed by atoms with Crippen molar-refractivity contribution in [1.82, 2.24) is 4.98 Å². The van der Waals surface area contributed by atoms with Gasteiger partial charge in [-0.3, -0.25) is 0 Å². The van der Waals surface area contributed by atoms with E-state index in [1.54, 1.807) is 0 Å². The summed E-state index contributed by atoms with van der Waals surface area (Å²) in [6.45, 7) is 0. The molecule has 0 aromatic carbocycles. The van der Waals surface area contributed by atoms with Crippen LogP contribution in [0, 0.1) is 0 Å². The molecule has 0 radical (unpaired) electrons. The fraction of sp³-hybridized carbons (Fsp3) is 0.167. The van der Waals surface area contributed by atoms with Crippen LogP contribution in [0.4, 0.5) is 14.6 Å². The van der Waals surface area contributed by atoms with Crippen LogP contribution in [0.25, 0.3) is 0 Å². The lowest BCUT2D eigenvalue weighted by molar-refractivity contribution is 0.151. The van der Waals surface area contributed by atoms with E-state index < -0.39 is 12.0 Å². The summed E-state index contributed by atoms with van der Waals surface area (Å²) >= 11 is 10.9. The quantitative estimate of drug-likeness (QED) is 0.778. The molecule has 66 valence electrons. The zero-order valence-corrected chi connectivity index (χ0v) is 7.20. The molecular formula is C6H4Cl2F2N2. The van der Waals surface area contributed by atoms with Crippen LogP contribution >= 0.6 is 23.2 Å². The maximum Gasteiger partial charge on any atom is 0.266 e. The van der Waals surface area contributed by atoms with E-state index in [0.29, 0.717) is 0 Å². The minimum absolute atomic E-state index is 0.0499. The van der Waals surface area contributed by atoms with E-state index in [0.717, 1.165) is 6.20 Å². The van der Waals surface area contributed by atoms with Crippen molar-refractivity contribution in [2.24, 2.45) is 0 Å². The molecule has 0 saturated carbocycles. The van der Waals surface area contributed by atoms with Gasteiger partial charge < -0.3 is 5.73 Å². The number of nitrogens with zero attached hydrogens (tertiary/aromatic N) is 1. The zero-order valence-electron chi connectivity index (χ0n) is 5.69. The monoisotopic (exact) mass is 212 g/mol. The normalized spacial score (nSPS) is 10.8. The molecule has 1 aromatic rings. The van der Waals surface area contributed by atoms with Crippen molar-refractivity contribution in [3.63, 3.8) is 0 Å². The highest BCUT2D eigenvalue weighted by molar-refractivity contribution is 6.43. The molecule has 1 aromatic heterocycles. The summed E-state index contributed by atoms with van der Waals surface area (Å²) in [5.41, 5.74) is 4.81. The summed E-state index contributed by atoms with van der Waals surface area (Å²) in [6, 6.07) is 0. The van der Waals surface area contributed by atoms with Crippen LogP contribution in [0.15, 0.2) is 6.20 Å². The Balaban J connectivity index is 3.27. The Hall–Kier alpha value is -0.610. The first-order valence-corrected chi connectivity index (χ1v) is 3.67. The SMILES string of the molecule is Nc1ncc(C(F)F)c(Cl)c1Cl. The number of nitrogen functional groups attached to an aromatic ring is 1. The molecule has 0 fully saturated rings. The second-order valence-corrected chi connectivity index (χ2v) is 2.78. The molecular weight excluding hydrogens is 209 g/mol. The summed E-state index contributed by atoms with van der Waals surface area (Å²) < 4.78 is 24.2. The molecule has 12 heavy (non-hydrogen) atoms. The topological polar surface area (TPSA) is 38.9 Å². The highest BCUT2D eigenvalue weighted by atomic mass is 35.5. The number of aromatic nitrogens is 1. The number of hydrogen-bond acceptors (Lipinski definition) is 2. The lowest BCUT2D eigenvalue weighted by atomic mass is 10.3. The third kappa shape index (κ3) is 1.59. The van der Waals surface area contributed by atoms with E-state index in [-0.39, 0.29) is 15.9 Å². The average molecular weight is 213 g/mol. The Morgan fingerprint density at radius 3 is 2.42 bits per heavy atom. The second-order valence-electron chi connectivity index (χ2n) is 2.03. The van der Waals surface area contributed by atoms with Crippen LogP contribution in [0.1, 0.15) is 12.0 Å². The number of nitrogens with two attached hydrogens (primary N) is 1. The molecule has 2 nitrogen and oxygen atoms in total. The molecule has 2 N–H and O–H groups in total.